The number of fused-ring (bicyclic) bond motifs is 3. The maximum Gasteiger partial charge on any atom is 0.223 e. The topological polar surface area (TPSA) is 46.2 Å². The smallest absolute Gasteiger partial charge is 0.223 e. The quantitative estimate of drug-likeness (QED) is 0.911. The summed E-state index contributed by atoms with van der Waals surface area (Å²) in [5, 5.41) is 3.26. The van der Waals surface area contributed by atoms with Crippen LogP contribution in [-0.4, -0.2) is 11.7 Å². The van der Waals surface area contributed by atoms with Crippen LogP contribution in [0.1, 0.15) is 55.7 Å². The van der Waals surface area contributed by atoms with Gasteiger partial charge < -0.3 is 5.32 Å². The molecule has 3 atom stereocenters. The number of carbonyl (C=O) groups is 2. The molecule has 3 heteroatoms. The predicted molar refractivity (Wildman–Crippen MR) is 84.2 cm³/mol. The molecule has 2 fully saturated rings. The highest BCUT2D eigenvalue weighted by Gasteiger charge is 2.41. The Morgan fingerprint density at radius 1 is 1.05 bits per heavy atom. The first-order valence-electron chi connectivity index (χ1n) is 8.64. The van der Waals surface area contributed by atoms with E-state index in [1.54, 1.807) is 0 Å². The van der Waals surface area contributed by atoms with Crippen LogP contribution in [0.2, 0.25) is 0 Å². The third-order valence-electron chi connectivity index (χ3n) is 5.87. The van der Waals surface area contributed by atoms with E-state index in [0.717, 1.165) is 44.9 Å². The van der Waals surface area contributed by atoms with Crippen LogP contribution < -0.4 is 5.32 Å². The average molecular weight is 297 g/mol. The van der Waals surface area contributed by atoms with Crippen molar-refractivity contribution in [2.24, 2.45) is 17.8 Å². The molecule has 0 unspecified atom stereocenters. The van der Waals surface area contributed by atoms with Crippen molar-refractivity contribution in [1.82, 2.24) is 5.32 Å². The van der Waals surface area contributed by atoms with Crippen molar-refractivity contribution in [3.8, 4) is 0 Å². The fraction of sp³-hybridized carbons (Fsp3) is 0.579. The van der Waals surface area contributed by atoms with Crippen LogP contribution in [0, 0.1) is 17.8 Å². The van der Waals surface area contributed by atoms with Crippen molar-refractivity contribution in [2.75, 3.05) is 0 Å². The van der Waals surface area contributed by atoms with Crippen molar-refractivity contribution >= 4 is 11.7 Å². The van der Waals surface area contributed by atoms with Crippen LogP contribution in [0.15, 0.2) is 24.3 Å². The van der Waals surface area contributed by atoms with E-state index in [1.165, 1.54) is 11.1 Å². The second kappa shape index (κ2) is 5.53. The van der Waals surface area contributed by atoms with Gasteiger partial charge >= 0.3 is 0 Å². The second-order valence-corrected chi connectivity index (χ2v) is 7.19. The van der Waals surface area contributed by atoms with Crippen molar-refractivity contribution in [3.05, 3.63) is 35.4 Å². The molecule has 0 radical (unpaired) electrons. The van der Waals surface area contributed by atoms with E-state index in [-0.39, 0.29) is 29.7 Å². The molecule has 1 N–H and O–H groups in total. The Morgan fingerprint density at radius 2 is 1.77 bits per heavy atom. The molecule has 2 bridgehead atoms. The first-order valence-corrected chi connectivity index (χ1v) is 8.64. The van der Waals surface area contributed by atoms with Crippen LogP contribution >= 0.6 is 0 Å². The van der Waals surface area contributed by atoms with Crippen molar-refractivity contribution in [1.29, 1.82) is 0 Å². The molecular weight excluding hydrogens is 274 g/mol. The van der Waals surface area contributed by atoms with E-state index in [9.17, 15) is 9.59 Å². The molecule has 1 aromatic rings. The summed E-state index contributed by atoms with van der Waals surface area (Å²) in [5.41, 5.74) is 2.64. The summed E-state index contributed by atoms with van der Waals surface area (Å²) in [6, 6.07) is 8.57. The lowest BCUT2D eigenvalue weighted by atomic mass is 9.67. The first kappa shape index (κ1) is 14.0. The highest BCUT2D eigenvalue weighted by atomic mass is 16.2. The Morgan fingerprint density at radius 3 is 2.55 bits per heavy atom. The van der Waals surface area contributed by atoms with Gasteiger partial charge in [0.1, 0.15) is 5.78 Å². The molecule has 0 aliphatic heterocycles. The van der Waals surface area contributed by atoms with Gasteiger partial charge in [-0.1, -0.05) is 30.7 Å². The van der Waals surface area contributed by atoms with Crippen LogP contribution in [0.4, 0.5) is 0 Å². The van der Waals surface area contributed by atoms with Crippen LogP contribution in [-0.2, 0) is 16.0 Å². The van der Waals surface area contributed by atoms with Gasteiger partial charge in [0.2, 0.25) is 5.91 Å². The van der Waals surface area contributed by atoms with Crippen molar-refractivity contribution in [2.45, 2.75) is 51.0 Å². The van der Waals surface area contributed by atoms with Gasteiger partial charge in [-0.05, 0) is 49.7 Å². The molecule has 0 heterocycles. The fourth-order valence-corrected chi connectivity index (χ4v) is 4.69. The summed E-state index contributed by atoms with van der Waals surface area (Å²) in [6.07, 6.45) is 6.74. The normalized spacial score (nSPS) is 33.4. The molecule has 22 heavy (non-hydrogen) atoms. The lowest BCUT2D eigenvalue weighted by Crippen LogP contribution is -2.43. The molecular formula is C19H23NO2. The number of benzene rings is 1. The van der Waals surface area contributed by atoms with E-state index < -0.39 is 0 Å². The summed E-state index contributed by atoms with van der Waals surface area (Å²) in [6.45, 7) is 0. The number of carbonyl (C=O) groups excluding carboxylic acids is 2. The standard InChI is InChI=1S/C19H23NO2/c21-18-13-5-3-6-14(18)11-15(10-13)19(22)20-17-9-8-12-4-1-2-7-16(12)17/h1-2,4,7,13-15,17H,3,5-6,8-11H2,(H,20,22)/t13-,14-,17+/m0/s1. The molecule has 116 valence electrons. The number of nitrogens with one attached hydrogen (secondary N) is 1. The van der Waals surface area contributed by atoms with Crippen LogP contribution in [0.5, 0.6) is 0 Å². The molecule has 0 spiro atoms. The van der Waals surface area contributed by atoms with Gasteiger partial charge in [-0.2, -0.15) is 0 Å². The van der Waals surface area contributed by atoms with Gasteiger partial charge in [0, 0.05) is 17.8 Å². The minimum Gasteiger partial charge on any atom is -0.349 e. The number of amides is 1. The van der Waals surface area contributed by atoms with E-state index in [1.807, 2.05) is 6.07 Å². The summed E-state index contributed by atoms with van der Waals surface area (Å²) >= 11 is 0. The number of ketones is 1. The van der Waals surface area contributed by atoms with Gasteiger partial charge in [-0.25, -0.2) is 0 Å². The predicted octanol–water partition coefficient (Wildman–Crippen LogP) is 3.19. The van der Waals surface area contributed by atoms with Crippen LogP contribution in [0.3, 0.4) is 0 Å². The van der Waals surface area contributed by atoms with Gasteiger partial charge in [0.15, 0.2) is 0 Å². The van der Waals surface area contributed by atoms with Crippen molar-refractivity contribution < 1.29 is 9.59 Å². The summed E-state index contributed by atoms with van der Waals surface area (Å²) in [4.78, 5) is 24.8. The largest absolute Gasteiger partial charge is 0.349 e. The molecule has 0 aromatic heterocycles. The third-order valence-corrected chi connectivity index (χ3v) is 5.87. The maximum atomic E-state index is 12.7. The zero-order chi connectivity index (χ0) is 15.1. The molecule has 1 aromatic carbocycles. The van der Waals surface area contributed by atoms with Gasteiger partial charge in [0.25, 0.3) is 0 Å². The molecule has 2 saturated carbocycles. The summed E-state index contributed by atoms with van der Waals surface area (Å²) in [5.74, 6) is 0.951. The Kier molecular flexibility index (Phi) is 3.51. The first-order chi connectivity index (χ1) is 10.7. The maximum absolute atomic E-state index is 12.7. The highest BCUT2D eigenvalue weighted by molar-refractivity contribution is 5.88. The SMILES string of the molecule is O=C(N[C@@H]1CCc2ccccc21)C1C[C@@H]2CCC[C@@H](C1)C2=O. The van der Waals surface area contributed by atoms with E-state index >= 15 is 0 Å². The summed E-state index contributed by atoms with van der Waals surface area (Å²) in [7, 11) is 0. The molecule has 3 nitrogen and oxygen atoms in total. The van der Waals surface area contributed by atoms with E-state index in [0.29, 0.717) is 5.78 Å². The summed E-state index contributed by atoms with van der Waals surface area (Å²) < 4.78 is 0. The molecule has 4 rings (SSSR count). The van der Waals surface area contributed by atoms with Gasteiger partial charge in [0.05, 0.1) is 6.04 Å². The molecule has 0 saturated heterocycles. The Labute approximate surface area is 131 Å². The number of aryl methyl sites for hydroxylation is 1. The van der Waals surface area contributed by atoms with Gasteiger partial charge in [-0.3, -0.25) is 9.59 Å². The van der Waals surface area contributed by atoms with Crippen LogP contribution in [0.25, 0.3) is 0 Å². The minimum absolute atomic E-state index is 0.0424. The van der Waals surface area contributed by atoms with Gasteiger partial charge in [-0.15, -0.1) is 0 Å². The Hall–Kier alpha value is -1.64. The monoisotopic (exact) mass is 297 g/mol. The number of rotatable bonds is 2. The fourth-order valence-electron chi connectivity index (χ4n) is 4.69. The Balaban J connectivity index is 1.44. The van der Waals surface area contributed by atoms with Crippen molar-refractivity contribution in [3.63, 3.8) is 0 Å². The number of hydrogen-bond donors (Lipinski definition) is 1. The lowest BCUT2D eigenvalue weighted by Gasteiger charge is -2.37. The lowest BCUT2D eigenvalue weighted by molar-refractivity contribution is -0.137. The van der Waals surface area contributed by atoms with E-state index in [2.05, 4.69) is 23.5 Å². The number of hydrogen-bond acceptors (Lipinski definition) is 2. The molecule has 3 aliphatic carbocycles. The zero-order valence-electron chi connectivity index (χ0n) is 12.9. The minimum atomic E-state index is 0.0424. The molecule has 1 amide bonds. The molecule has 3 aliphatic rings. The number of Topliss-reactive ketones (excluding diaryl/α,β-unsaturated/α-hetero) is 1. The Bertz CT molecular complexity index is 593. The third kappa shape index (κ3) is 2.37. The zero-order valence-corrected chi connectivity index (χ0v) is 12.9. The average Bonchev–Trinajstić information content (AvgIpc) is 2.90. The van der Waals surface area contributed by atoms with E-state index in [4.69, 9.17) is 0 Å². The second-order valence-electron chi connectivity index (χ2n) is 7.19. The highest BCUT2D eigenvalue weighted by Crippen LogP contribution is 2.40.